The first-order chi connectivity index (χ1) is 12.1. The highest BCUT2D eigenvalue weighted by atomic mass is 16.5. The molecule has 0 radical (unpaired) electrons. The predicted molar refractivity (Wildman–Crippen MR) is 88.4 cm³/mol. The summed E-state index contributed by atoms with van der Waals surface area (Å²) in [6, 6.07) is 5.15. The van der Waals surface area contributed by atoms with Crippen LogP contribution in [0.15, 0.2) is 18.2 Å². The van der Waals surface area contributed by atoms with Crippen molar-refractivity contribution in [1.82, 2.24) is 25.5 Å². The highest BCUT2D eigenvalue weighted by Crippen LogP contribution is 2.40. The number of nitrogens with zero attached hydrogens (tertiary/aromatic N) is 4. The normalized spacial score (nSPS) is 13.4. The van der Waals surface area contributed by atoms with E-state index in [4.69, 9.17) is 10.5 Å². The Hall–Kier alpha value is -3.01. The molecule has 25 heavy (non-hydrogen) atoms. The molecular weight excluding hydrogens is 326 g/mol. The summed E-state index contributed by atoms with van der Waals surface area (Å²) in [5.74, 6) is 0.954. The van der Waals surface area contributed by atoms with Crippen molar-refractivity contribution in [2.24, 2.45) is 5.73 Å². The Morgan fingerprint density at radius 2 is 2.16 bits per heavy atom. The van der Waals surface area contributed by atoms with Gasteiger partial charge < -0.3 is 21.1 Å². The third kappa shape index (κ3) is 3.91. The van der Waals surface area contributed by atoms with Crippen LogP contribution in [0.3, 0.4) is 0 Å². The molecule has 10 heteroatoms. The number of aromatic nitrogens is 4. The maximum absolute atomic E-state index is 11.9. The summed E-state index contributed by atoms with van der Waals surface area (Å²) < 4.78 is 7.01. The number of amides is 2. The maximum Gasteiger partial charge on any atom is 0.243 e. The lowest BCUT2D eigenvalue weighted by atomic mass is 10.2. The molecule has 1 saturated carbocycles. The van der Waals surface area contributed by atoms with Gasteiger partial charge in [-0.2, -0.15) is 4.68 Å². The van der Waals surface area contributed by atoms with Crippen LogP contribution in [0.1, 0.15) is 24.6 Å². The fraction of sp³-hybridized carbons (Fsp3) is 0.400. The second kappa shape index (κ2) is 7.26. The van der Waals surface area contributed by atoms with E-state index in [2.05, 4.69) is 26.2 Å². The first-order valence-corrected chi connectivity index (χ1v) is 7.85. The number of ether oxygens (including phenoxy) is 1. The van der Waals surface area contributed by atoms with Crippen LogP contribution in [0.4, 0.5) is 5.69 Å². The van der Waals surface area contributed by atoms with Gasteiger partial charge in [0.05, 0.1) is 20.2 Å². The van der Waals surface area contributed by atoms with Gasteiger partial charge in [0.25, 0.3) is 0 Å². The lowest BCUT2D eigenvalue weighted by Gasteiger charge is -2.12. The average Bonchev–Trinajstić information content (AvgIpc) is 3.36. The van der Waals surface area contributed by atoms with Gasteiger partial charge in [0, 0.05) is 11.6 Å². The molecule has 3 rings (SSSR count). The van der Waals surface area contributed by atoms with E-state index in [0.29, 0.717) is 23.0 Å². The summed E-state index contributed by atoms with van der Waals surface area (Å²) in [6.45, 7) is -0.321. The lowest BCUT2D eigenvalue weighted by Crippen LogP contribution is -2.36. The summed E-state index contributed by atoms with van der Waals surface area (Å²) in [5.41, 5.74) is 6.36. The van der Waals surface area contributed by atoms with Gasteiger partial charge in [-0.1, -0.05) is 0 Å². The van der Waals surface area contributed by atoms with Crippen LogP contribution in [0.5, 0.6) is 5.75 Å². The Labute approximate surface area is 143 Å². The number of methoxy groups -OCH3 is 1. The Morgan fingerprint density at radius 1 is 1.36 bits per heavy atom. The highest BCUT2D eigenvalue weighted by Gasteiger charge is 2.30. The number of benzene rings is 1. The quantitative estimate of drug-likeness (QED) is 0.618. The molecule has 132 valence electrons. The average molecular weight is 345 g/mol. The minimum absolute atomic E-state index is 0.157. The Kier molecular flexibility index (Phi) is 4.89. The molecule has 1 fully saturated rings. The van der Waals surface area contributed by atoms with Crippen molar-refractivity contribution >= 4 is 17.5 Å². The molecule has 10 nitrogen and oxygen atoms in total. The van der Waals surface area contributed by atoms with Crippen LogP contribution in [0.2, 0.25) is 0 Å². The second-order valence-corrected chi connectivity index (χ2v) is 5.64. The van der Waals surface area contributed by atoms with Crippen LogP contribution in [0.25, 0.3) is 5.69 Å². The molecule has 4 N–H and O–H groups in total. The molecule has 1 aromatic heterocycles. The molecule has 1 aromatic carbocycles. The van der Waals surface area contributed by atoms with Gasteiger partial charge >= 0.3 is 0 Å². The van der Waals surface area contributed by atoms with Crippen LogP contribution >= 0.6 is 0 Å². The summed E-state index contributed by atoms with van der Waals surface area (Å²) in [4.78, 5) is 23.0. The summed E-state index contributed by atoms with van der Waals surface area (Å²) in [6.07, 6.45) is 2.11. The molecule has 0 saturated heterocycles. The molecule has 1 aliphatic carbocycles. The number of hydrogen-bond donors (Lipinski definition) is 3. The molecule has 0 atom stereocenters. The summed E-state index contributed by atoms with van der Waals surface area (Å²) in [5, 5.41) is 17.0. The maximum atomic E-state index is 11.9. The highest BCUT2D eigenvalue weighted by molar-refractivity contribution is 5.95. The minimum Gasteiger partial charge on any atom is -0.494 e. The number of anilines is 1. The number of carbonyl (C=O) groups is 2. The third-order valence-electron chi connectivity index (χ3n) is 3.76. The van der Waals surface area contributed by atoms with Crippen molar-refractivity contribution in [1.29, 1.82) is 0 Å². The second-order valence-electron chi connectivity index (χ2n) is 5.64. The van der Waals surface area contributed by atoms with E-state index in [1.807, 2.05) is 0 Å². The molecule has 2 amide bonds. The van der Waals surface area contributed by atoms with Gasteiger partial charge in [-0.15, -0.1) is 5.10 Å². The van der Waals surface area contributed by atoms with E-state index < -0.39 is 5.91 Å². The number of nitrogens with two attached hydrogens (primary N) is 1. The van der Waals surface area contributed by atoms with Crippen LogP contribution in [-0.2, 0) is 9.59 Å². The van der Waals surface area contributed by atoms with Crippen LogP contribution < -0.4 is 21.1 Å². The standard InChI is InChI=1S/C15H19N7O3/c1-25-12-5-4-10(18-14(24)8-17-13(23)7-16)6-11(12)22-15(9-2-3-9)19-20-21-22/h4-6,9H,2-3,7-8,16H2,1H3,(H,17,23)(H,18,24). The van der Waals surface area contributed by atoms with Gasteiger partial charge in [0.15, 0.2) is 5.82 Å². The molecule has 1 heterocycles. The zero-order valence-corrected chi connectivity index (χ0v) is 13.7. The van der Waals surface area contributed by atoms with E-state index >= 15 is 0 Å². The van der Waals surface area contributed by atoms with Crippen molar-refractivity contribution in [3.8, 4) is 11.4 Å². The molecule has 0 bridgehead atoms. The monoisotopic (exact) mass is 345 g/mol. The minimum atomic E-state index is -0.395. The Balaban J connectivity index is 1.79. The van der Waals surface area contributed by atoms with Crippen LogP contribution in [0, 0.1) is 0 Å². The number of rotatable bonds is 7. The van der Waals surface area contributed by atoms with E-state index in [1.54, 1.807) is 30.0 Å². The molecule has 0 unspecified atom stereocenters. The Bertz CT molecular complexity index is 785. The molecule has 0 spiro atoms. The van der Waals surface area contributed by atoms with Crippen molar-refractivity contribution in [3.05, 3.63) is 24.0 Å². The van der Waals surface area contributed by atoms with Crippen molar-refractivity contribution < 1.29 is 14.3 Å². The Morgan fingerprint density at radius 3 is 2.84 bits per heavy atom. The zero-order chi connectivity index (χ0) is 17.8. The first kappa shape index (κ1) is 16.8. The summed E-state index contributed by atoms with van der Waals surface area (Å²) >= 11 is 0. The first-order valence-electron chi connectivity index (χ1n) is 7.85. The molecule has 2 aromatic rings. The summed E-state index contributed by atoms with van der Waals surface area (Å²) in [7, 11) is 1.56. The number of nitrogens with one attached hydrogen (secondary N) is 2. The van der Waals surface area contributed by atoms with Gasteiger partial charge in [0.1, 0.15) is 11.4 Å². The van der Waals surface area contributed by atoms with Crippen molar-refractivity contribution in [2.75, 3.05) is 25.5 Å². The van der Waals surface area contributed by atoms with Gasteiger partial charge in [-0.3, -0.25) is 9.59 Å². The van der Waals surface area contributed by atoms with E-state index in [9.17, 15) is 9.59 Å². The van der Waals surface area contributed by atoms with Crippen LogP contribution in [-0.4, -0.2) is 52.2 Å². The number of tetrazole rings is 1. The third-order valence-corrected chi connectivity index (χ3v) is 3.76. The van der Waals surface area contributed by atoms with Gasteiger partial charge in [-0.25, -0.2) is 0 Å². The SMILES string of the molecule is COc1ccc(NC(=O)CNC(=O)CN)cc1-n1nnnc1C1CC1. The van der Waals surface area contributed by atoms with E-state index in [-0.39, 0.29) is 19.0 Å². The molecule has 0 aliphatic heterocycles. The number of hydrogen-bond acceptors (Lipinski definition) is 7. The zero-order valence-electron chi connectivity index (χ0n) is 13.7. The molecular formula is C15H19N7O3. The fourth-order valence-corrected chi connectivity index (χ4v) is 2.35. The van der Waals surface area contributed by atoms with Gasteiger partial charge in [-0.05, 0) is 41.5 Å². The fourth-order valence-electron chi connectivity index (χ4n) is 2.35. The predicted octanol–water partition coefficient (Wildman–Crippen LogP) is -0.438. The van der Waals surface area contributed by atoms with E-state index in [1.165, 1.54) is 0 Å². The van der Waals surface area contributed by atoms with E-state index in [0.717, 1.165) is 18.7 Å². The largest absolute Gasteiger partial charge is 0.494 e. The smallest absolute Gasteiger partial charge is 0.243 e. The van der Waals surface area contributed by atoms with Gasteiger partial charge in [0.2, 0.25) is 11.8 Å². The topological polar surface area (TPSA) is 137 Å². The number of carbonyl (C=O) groups excluding carboxylic acids is 2. The van der Waals surface area contributed by atoms with Crippen molar-refractivity contribution in [3.63, 3.8) is 0 Å². The molecule has 1 aliphatic rings. The van der Waals surface area contributed by atoms with Crippen molar-refractivity contribution in [2.45, 2.75) is 18.8 Å². The lowest BCUT2D eigenvalue weighted by molar-refractivity contribution is -0.123.